The predicted molar refractivity (Wildman–Crippen MR) is 83.0 cm³/mol. The normalized spacial score (nSPS) is 20.0. The zero-order valence-electron chi connectivity index (χ0n) is 13.7. The minimum atomic E-state index is -0.857. The van der Waals surface area contributed by atoms with Gasteiger partial charge in [-0.15, -0.1) is 0 Å². The summed E-state index contributed by atoms with van der Waals surface area (Å²) in [7, 11) is 0. The minimum absolute atomic E-state index is 0.0870. The first-order valence-corrected chi connectivity index (χ1v) is 8.23. The van der Waals surface area contributed by atoms with E-state index < -0.39 is 29.4 Å². The monoisotopic (exact) mass is 329 g/mol. The van der Waals surface area contributed by atoms with Crippen molar-refractivity contribution in [3.8, 4) is 0 Å². The van der Waals surface area contributed by atoms with Gasteiger partial charge in [0.05, 0.1) is 0 Å². The van der Waals surface area contributed by atoms with Crippen LogP contribution in [0.1, 0.15) is 47.5 Å². The summed E-state index contributed by atoms with van der Waals surface area (Å²) in [5.41, 5.74) is -0.673. The molecule has 6 nitrogen and oxygen atoms in total. The smallest absolute Gasteiger partial charge is 0.329 e. The van der Waals surface area contributed by atoms with Gasteiger partial charge >= 0.3 is 5.97 Å². The molecule has 0 aliphatic carbocycles. The maximum Gasteiger partial charge on any atom is 0.329 e. The van der Waals surface area contributed by atoms with Crippen molar-refractivity contribution in [1.82, 2.24) is 4.90 Å². The third-order valence-electron chi connectivity index (χ3n) is 3.09. The van der Waals surface area contributed by atoms with E-state index in [1.54, 1.807) is 27.7 Å². The number of nitrogens with zero attached hydrogens (tertiary/aromatic N) is 1. The molecule has 22 heavy (non-hydrogen) atoms. The van der Waals surface area contributed by atoms with Gasteiger partial charge < -0.3 is 4.74 Å². The van der Waals surface area contributed by atoms with Crippen molar-refractivity contribution in [2.75, 3.05) is 5.75 Å². The zero-order chi connectivity index (χ0) is 17.1. The van der Waals surface area contributed by atoms with Crippen LogP contribution in [0, 0.1) is 5.92 Å². The van der Waals surface area contributed by atoms with Crippen molar-refractivity contribution in [3.63, 3.8) is 0 Å². The first-order valence-electron chi connectivity index (χ1n) is 7.25. The number of amides is 2. The molecule has 124 valence electrons. The van der Waals surface area contributed by atoms with Crippen LogP contribution in [0.5, 0.6) is 0 Å². The Hall–Kier alpha value is -1.37. The van der Waals surface area contributed by atoms with Crippen LogP contribution in [0.15, 0.2) is 0 Å². The Morgan fingerprint density at radius 1 is 1.36 bits per heavy atom. The van der Waals surface area contributed by atoms with E-state index in [1.807, 2.05) is 0 Å². The number of likely N-dealkylation sites (tertiary alicyclic amines) is 1. The molecule has 2 amide bonds. The second-order valence-corrected chi connectivity index (χ2v) is 7.59. The molecule has 1 aliphatic heterocycles. The van der Waals surface area contributed by atoms with Crippen LogP contribution >= 0.6 is 11.8 Å². The number of hydrogen-bond donors (Lipinski definition) is 0. The fourth-order valence-corrected chi connectivity index (χ4v) is 2.73. The highest BCUT2D eigenvalue weighted by Gasteiger charge is 2.43. The third-order valence-corrected chi connectivity index (χ3v) is 4.16. The standard InChI is InChI=1S/C15H23NO5S/c1-9(8-22-10(2)17)13(19)16-11(6-7-12(16)18)14(20)21-15(3,4)5/h9,11H,6-8H2,1-5H3/t9?,11-/m0/s1. The summed E-state index contributed by atoms with van der Waals surface area (Å²) in [6.45, 7) is 8.28. The quantitative estimate of drug-likeness (QED) is 0.731. The van der Waals surface area contributed by atoms with Crippen LogP contribution in [0.25, 0.3) is 0 Å². The van der Waals surface area contributed by atoms with Crippen LogP contribution in [-0.2, 0) is 23.9 Å². The van der Waals surface area contributed by atoms with Crippen LogP contribution < -0.4 is 0 Å². The molecule has 0 aromatic heterocycles. The molecule has 1 aliphatic rings. The molecule has 1 unspecified atom stereocenters. The molecule has 0 spiro atoms. The molecule has 0 saturated carbocycles. The van der Waals surface area contributed by atoms with Crippen molar-refractivity contribution in [2.45, 2.75) is 59.1 Å². The summed E-state index contributed by atoms with van der Waals surface area (Å²) in [4.78, 5) is 48.6. The second kappa shape index (κ2) is 7.26. The van der Waals surface area contributed by atoms with Gasteiger partial charge in [0.2, 0.25) is 11.8 Å². The highest BCUT2D eigenvalue weighted by Crippen LogP contribution is 2.25. The highest BCUT2D eigenvalue weighted by molar-refractivity contribution is 8.13. The number of imide groups is 1. The van der Waals surface area contributed by atoms with E-state index in [-0.39, 0.29) is 23.9 Å². The van der Waals surface area contributed by atoms with Gasteiger partial charge in [-0.2, -0.15) is 0 Å². The Morgan fingerprint density at radius 2 is 1.95 bits per heavy atom. The maximum atomic E-state index is 12.4. The fourth-order valence-electron chi connectivity index (χ4n) is 2.10. The number of hydrogen-bond acceptors (Lipinski definition) is 6. The average Bonchev–Trinajstić information content (AvgIpc) is 2.75. The number of carbonyl (C=O) groups excluding carboxylic acids is 4. The van der Waals surface area contributed by atoms with Crippen LogP contribution in [0.3, 0.4) is 0 Å². The minimum Gasteiger partial charge on any atom is -0.458 e. The Morgan fingerprint density at radius 3 is 2.45 bits per heavy atom. The number of carbonyl (C=O) groups is 4. The second-order valence-electron chi connectivity index (χ2n) is 6.39. The van der Waals surface area contributed by atoms with Gasteiger partial charge in [0.15, 0.2) is 5.12 Å². The number of ether oxygens (including phenoxy) is 1. The molecule has 2 atom stereocenters. The average molecular weight is 329 g/mol. The van der Waals surface area contributed by atoms with Gasteiger partial charge in [-0.1, -0.05) is 18.7 Å². The summed E-state index contributed by atoms with van der Waals surface area (Å²) in [6, 6.07) is -0.857. The van der Waals surface area contributed by atoms with Crippen LogP contribution in [0.2, 0.25) is 0 Å². The van der Waals surface area contributed by atoms with Crippen molar-refractivity contribution in [1.29, 1.82) is 0 Å². The Bertz CT molecular complexity index is 483. The largest absolute Gasteiger partial charge is 0.458 e. The van der Waals surface area contributed by atoms with E-state index in [0.717, 1.165) is 16.7 Å². The van der Waals surface area contributed by atoms with Crippen molar-refractivity contribution in [3.05, 3.63) is 0 Å². The fraction of sp³-hybridized carbons (Fsp3) is 0.733. The molecule has 0 N–H and O–H groups in total. The lowest BCUT2D eigenvalue weighted by Crippen LogP contribution is -2.47. The molecular formula is C15H23NO5S. The van der Waals surface area contributed by atoms with Gasteiger partial charge in [-0.3, -0.25) is 19.3 Å². The lowest BCUT2D eigenvalue weighted by Gasteiger charge is -2.27. The number of thioether (sulfide) groups is 1. The van der Waals surface area contributed by atoms with Crippen molar-refractivity contribution < 1.29 is 23.9 Å². The first kappa shape index (κ1) is 18.7. The van der Waals surface area contributed by atoms with Crippen molar-refractivity contribution >= 4 is 34.7 Å². The number of rotatable bonds is 4. The summed E-state index contributed by atoms with van der Waals surface area (Å²) < 4.78 is 5.28. The van der Waals surface area contributed by atoms with E-state index in [0.29, 0.717) is 5.75 Å². The lowest BCUT2D eigenvalue weighted by molar-refractivity contribution is -0.166. The molecule has 1 rings (SSSR count). The van der Waals surface area contributed by atoms with Crippen molar-refractivity contribution in [2.24, 2.45) is 5.92 Å². The van der Waals surface area contributed by atoms with Crippen LogP contribution in [-0.4, -0.2) is 45.2 Å². The summed E-state index contributed by atoms with van der Waals surface area (Å²) in [5.74, 6) is -1.56. The molecule has 0 radical (unpaired) electrons. The van der Waals surface area contributed by atoms with Gasteiger partial charge in [0, 0.05) is 25.0 Å². The zero-order valence-corrected chi connectivity index (χ0v) is 14.5. The van der Waals surface area contributed by atoms with E-state index in [4.69, 9.17) is 4.74 Å². The predicted octanol–water partition coefficient (Wildman–Crippen LogP) is 1.76. The van der Waals surface area contributed by atoms with Gasteiger partial charge in [0.1, 0.15) is 11.6 Å². The van der Waals surface area contributed by atoms with E-state index in [2.05, 4.69) is 0 Å². The van der Waals surface area contributed by atoms with E-state index in [9.17, 15) is 19.2 Å². The van der Waals surface area contributed by atoms with Gasteiger partial charge in [0.25, 0.3) is 0 Å². The first-order chi connectivity index (χ1) is 10.0. The SMILES string of the molecule is CC(=O)SCC(C)C(=O)N1C(=O)CC[C@H]1C(=O)OC(C)(C)C. The molecule has 7 heteroatoms. The number of esters is 1. The molecule has 1 saturated heterocycles. The summed E-state index contributed by atoms with van der Waals surface area (Å²) in [6.07, 6.45) is 0.439. The molecule has 0 bridgehead atoms. The molecular weight excluding hydrogens is 306 g/mol. The van der Waals surface area contributed by atoms with E-state index in [1.165, 1.54) is 6.92 Å². The maximum absolute atomic E-state index is 12.4. The van der Waals surface area contributed by atoms with Crippen LogP contribution in [0.4, 0.5) is 0 Å². The topological polar surface area (TPSA) is 80.8 Å². The Kier molecular flexibility index (Phi) is 6.17. The molecule has 1 fully saturated rings. The summed E-state index contributed by atoms with van der Waals surface area (Å²) in [5, 5.41) is -0.0870. The Labute approximate surface area is 134 Å². The summed E-state index contributed by atoms with van der Waals surface area (Å²) >= 11 is 1.03. The third kappa shape index (κ3) is 5.12. The Balaban J connectivity index is 2.80. The van der Waals surface area contributed by atoms with E-state index >= 15 is 0 Å². The molecule has 0 aromatic rings. The highest BCUT2D eigenvalue weighted by atomic mass is 32.2. The molecule has 1 heterocycles. The lowest BCUT2D eigenvalue weighted by atomic mass is 10.1. The van der Waals surface area contributed by atoms with Gasteiger partial charge in [-0.05, 0) is 27.2 Å². The van der Waals surface area contributed by atoms with Gasteiger partial charge in [-0.25, -0.2) is 4.79 Å². The molecule has 0 aromatic carbocycles.